The highest BCUT2D eigenvalue weighted by molar-refractivity contribution is 6.06. The van der Waals surface area contributed by atoms with E-state index < -0.39 is 0 Å². The Morgan fingerprint density at radius 3 is 2.31 bits per heavy atom. The molecule has 0 radical (unpaired) electrons. The molecule has 2 amide bonds. The van der Waals surface area contributed by atoms with Gasteiger partial charge in [-0.3, -0.25) is 14.6 Å². The summed E-state index contributed by atoms with van der Waals surface area (Å²) in [6.45, 7) is 2.54. The third-order valence-corrected chi connectivity index (χ3v) is 5.77. The Morgan fingerprint density at radius 2 is 1.62 bits per heavy atom. The van der Waals surface area contributed by atoms with Crippen molar-refractivity contribution in [3.05, 3.63) is 41.6 Å². The number of hydrogen-bond acceptors (Lipinski definition) is 3. The summed E-state index contributed by atoms with van der Waals surface area (Å²) < 4.78 is 0. The molecule has 0 N–H and O–H groups in total. The monoisotopic (exact) mass is 349 g/mol. The summed E-state index contributed by atoms with van der Waals surface area (Å²) >= 11 is 0. The minimum Gasteiger partial charge on any atom is -0.339 e. The van der Waals surface area contributed by atoms with E-state index in [0.29, 0.717) is 32.1 Å². The lowest BCUT2D eigenvalue weighted by Crippen LogP contribution is -2.51. The fraction of sp³-hybridized carbons (Fsp3) is 0.476. The van der Waals surface area contributed by atoms with Gasteiger partial charge in [0.05, 0.1) is 11.1 Å². The number of hydrogen-bond donors (Lipinski definition) is 0. The van der Waals surface area contributed by atoms with E-state index in [4.69, 9.17) is 4.98 Å². The smallest absolute Gasteiger partial charge is 0.254 e. The summed E-state index contributed by atoms with van der Waals surface area (Å²) in [5.41, 5.74) is 2.72. The molecule has 1 aromatic carbocycles. The highest BCUT2D eigenvalue weighted by Gasteiger charge is 2.35. The molecule has 2 aliphatic carbocycles. The van der Waals surface area contributed by atoms with Gasteiger partial charge in [-0.1, -0.05) is 18.2 Å². The first kappa shape index (κ1) is 15.8. The molecule has 3 fully saturated rings. The summed E-state index contributed by atoms with van der Waals surface area (Å²) in [5, 5.41) is 0.929. The van der Waals surface area contributed by atoms with Gasteiger partial charge < -0.3 is 9.80 Å². The van der Waals surface area contributed by atoms with Gasteiger partial charge in [0.2, 0.25) is 5.91 Å². The number of nitrogens with zero attached hydrogens (tertiary/aromatic N) is 3. The Balaban J connectivity index is 1.39. The van der Waals surface area contributed by atoms with Crippen molar-refractivity contribution in [2.45, 2.75) is 31.6 Å². The molecule has 2 aromatic rings. The molecule has 3 aliphatic rings. The van der Waals surface area contributed by atoms with Crippen LogP contribution >= 0.6 is 0 Å². The fourth-order valence-corrected chi connectivity index (χ4v) is 3.85. The number of benzene rings is 1. The van der Waals surface area contributed by atoms with Gasteiger partial charge in [-0.15, -0.1) is 0 Å². The van der Waals surface area contributed by atoms with Crippen molar-refractivity contribution < 1.29 is 9.59 Å². The number of rotatable bonds is 3. The maximum absolute atomic E-state index is 13.2. The van der Waals surface area contributed by atoms with E-state index in [-0.39, 0.29) is 17.7 Å². The maximum Gasteiger partial charge on any atom is 0.254 e. The third kappa shape index (κ3) is 2.85. The SMILES string of the molecule is O=C(c1cc(C2CC2)nc2ccccc12)N1CCN(C(=O)C2CC2)CC1. The summed E-state index contributed by atoms with van der Waals surface area (Å²) in [6.07, 6.45) is 4.40. The number of carbonyl (C=O) groups excluding carboxylic acids is 2. The molecule has 0 unspecified atom stereocenters. The third-order valence-electron chi connectivity index (χ3n) is 5.77. The summed E-state index contributed by atoms with van der Waals surface area (Å²) in [7, 11) is 0. The Morgan fingerprint density at radius 1 is 0.923 bits per heavy atom. The van der Waals surface area contributed by atoms with Crippen LogP contribution in [-0.2, 0) is 4.79 Å². The molecule has 2 heterocycles. The summed E-state index contributed by atoms with van der Waals surface area (Å²) in [4.78, 5) is 34.0. The molecule has 5 heteroatoms. The molecule has 1 saturated heterocycles. The van der Waals surface area contributed by atoms with Crippen LogP contribution in [0.4, 0.5) is 0 Å². The van der Waals surface area contributed by atoms with Gasteiger partial charge in [-0.2, -0.15) is 0 Å². The highest BCUT2D eigenvalue weighted by atomic mass is 16.2. The zero-order chi connectivity index (χ0) is 17.7. The number of aromatic nitrogens is 1. The van der Waals surface area contributed by atoms with E-state index in [2.05, 4.69) is 0 Å². The van der Waals surface area contributed by atoms with E-state index in [9.17, 15) is 9.59 Å². The van der Waals surface area contributed by atoms with Gasteiger partial charge >= 0.3 is 0 Å². The second-order valence-corrected chi connectivity index (χ2v) is 7.78. The molecule has 1 aromatic heterocycles. The van der Waals surface area contributed by atoms with Crippen molar-refractivity contribution in [3.8, 4) is 0 Å². The quantitative estimate of drug-likeness (QED) is 0.856. The average molecular weight is 349 g/mol. The molecule has 0 bridgehead atoms. The van der Waals surface area contributed by atoms with Crippen molar-refractivity contribution in [2.24, 2.45) is 5.92 Å². The lowest BCUT2D eigenvalue weighted by Gasteiger charge is -2.35. The van der Waals surface area contributed by atoms with Crippen LogP contribution in [0.1, 0.15) is 47.7 Å². The minimum atomic E-state index is 0.0732. The minimum absolute atomic E-state index is 0.0732. The summed E-state index contributed by atoms with van der Waals surface area (Å²) in [6, 6.07) is 9.92. The first-order valence-electron chi connectivity index (χ1n) is 9.68. The molecule has 0 atom stereocenters. The summed E-state index contributed by atoms with van der Waals surface area (Å²) in [5.74, 6) is 1.12. The van der Waals surface area contributed by atoms with E-state index >= 15 is 0 Å². The lowest BCUT2D eigenvalue weighted by molar-refractivity contribution is -0.134. The van der Waals surface area contributed by atoms with Crippen LogP contribution in [0.2, 0.25) is 0 Å². The van der Waals surface area contributed by atoms with Crippen molar-refractivity contribution in [1.82, 2.24) is 14.8 Å². The molecule has 0 spiro atoms. The van der Waals surface area contributed by atoms with E-state index in [1.807, 2.05) is 40.1 Å². The topological polar surface area (TPSA) is 53.5 Å². The molecule has 5 nitrogen and oxygen atoms in total. The van der Waals surface area contributed by atoms with E-state index in [1.165, 1.54) is 12.8 Å². The van der Waals surface area contributed by atoms with Crippen LogP contribution in [-0.4, -0.2) is 52.8 Å². The van der Waals surface area contributed by atoms with Gasteiger partial charge in [0.15, 0.2) is 0 Å². The standard InChI is InChI=1S/C21H23N3O2/c25-20(15-7-8-15)23-9-11-24(12-10-23)21(26)17-13-19(14-5-6-14)22-18-4-2-1-3-16(17)18/h1-4,13-15H,5-12H2. The molecular weight excluding hydrogens is 326 g/mol. The van der Waals surface area contributed by atoms with Crippen LogP contribution in [0.5, 0.6) is 0 Å². The van der Waals surface area contributed by atoms with Gasteiger partial charge in [0.1, 0.15) is 0 Å². The molecular formula is C21H23N3O2. The maximum atomic E-state index is 13.2. The highest BCUT2D eigenvalue weighted by Crippen LogP contribution is 2.40. The van der Waals surface area contributed by atoms with Gasteiger partial charge in [-0.05, 0) is 37.8 Å². The first-order chi connectivity index (χ1) is 12.7. The van der Waals surface area contributed by atoms with Crippen LogP contribution in [0.3, 0.4) is 0 Å². The Kier molecular flexibility index (Phi) is 3.69. The number of para-hydroxylation sites is 1. The molecule has 2 saturated carbocycles. The zero-order valence-corrected chi connectivity index (χ0v) is 14.9. The fourth-order valence-electron chi connectivity index (χ4n) is 3.85. The second-order valence-electron chi connectivity index (χ2n) is 7.78. The van der Waals surface area contributed by atoms with Crippen molar-refractivity contribution >= 4 is 22.7 Å². The van der Waals surface area contributed by atoms with Crippen LogP contribution < -0.4 is 0 Å². The van der Waals surface area contributed by atoms with Gasteiger partial charge in [0, 0.05) is 49.1 Å². The number of carbonyl (C=O) groups is 2. The normalized spacial score (nSPS) is 20.5. The predicted molar refractivity (Wildman–Crippen MR) is 98.9 cm³/mol. The van der Waals surface area contributed by atoms with Crippen molar-refractivity contribution in [3.63, 3.8) is 0 Å². The van der Waals surface area contributed by atoms with Crippen molar-refractivity contribution in [1.29, 1.82) is 0 Å². The number of pyridine rings is 1. The van der Waals surface area contributed by atoms with Crippen LogP contribution in [0.15, 0.2) is 30.3 Å². The largest absolute Gasteiger partial charge is 0.339 e. The average Bonchev–Trinajstić information content (AvgIpc) is 3.58. The van der Waals surface area contributed by atoms with Gasteiger partial charge in [-0.25, -0.2) is 0 Å². The lowest BCUT2D eigenvalue weighted by atomic mass is 10.0. The van der Waals surface area contributed by atoms with E-state index in [0.717, 1.165) is 35.0 Å². The number of amides is 2. The Hall–Kier alpha value is -2.43. The molecule has 134 valence electrons. The molecule has 26 heavy (non-hydrogen) atoms. The van der Waals surface area contributed by atoms with Gasteiger partial charge in [0.25, 0.3) is 5.91 Å². The Bertz CT molecular complexity index is 878. The van der Waals surface area contributed by atoms with Crippen molar-refractivity contribution in [2.75, 3.05) is 26.2 Å². The number of piperazine rings is 1. The number of fused-ring (bicyclic) bond motifs is 1. The molecule has 1 aliphatic heterocycles. The van der Waals surface area contributed by atoms with Crippen LogP contribution in [0.25, 0.3) is 10.9 Å². The molecule has 5 rings (SSSR count). The zero-order valence-electron chi connectivity index (χ0n) is 14.9. The first-order valence-corrected chi connectivity index (χ1v) is 9.68. The van der Waals surface area contributed by atoms with E-state index in [1.54, 1.807) is 0 Å². The Labute approximate surface area is 153 Å². The van der Waals surface area contributed by atoms with Crippen LogP contribution in [0, 0.1) is 5.92 Å². The second kappa shape index (κ2) is 6.08. The predicted octanol–water partition coefficient (Wildman–Crippen LogP) is 2.81.